The van der Waals surface area contributed by atoms with Crippen molar-refractivity contribution in [2.45, 2.75) is 135 Å². The Kier molecular flexibility index (Phi) is 14.1. The smallest absolute Gasteiger partial charge is 0.251 e. The molecule has 1 saturated heterocycles. The fraction of sp³-hybridized carbons (Fsp3) is 0.625. The molecule has 6 atom stereocenters. The number of carbonyl (C=O) groups is 5. The van der Waals surface area contributed by atoms with Gasteiger partial charge in [-0.1, -0.05) is 65.0 Å². The number of amides is 4. The molecule has 2 aromatic rings. The van der Waals surface area contributed by atoms with Gasteiger partial charge in [-0.25, -0.2) is 4.98 Å². The summed E-state index contributed by atoms with van der Waals surface area (Å²) in [7, 11) is 0. The number of hydrogen-bond donors (Lipinski definition) is 4. The third-order valence-electron chi connectivity index (χ3n) is 10.7. The molecule has 2 heterocycles. The second-order valence-electron chi connectivity index (χ2n) is 16.1. The molecule has 1 aliphatic heterocycles. The molecule has 13 nitrogen and oxygen atoms in total. The maximum Gasteiger partial charge on any atom is 0.251 e. The van der Waals surface area contributed by atoms with Crippen molar-refractivity contribution in [1.29, 1.82) is 0 Å². The highest BCUT2D eigenvalue weighted by Gasteiger charge is 2.47. The van der Waals surface area contributed by atoms with Crippen LogP contribution in [0.5, 0.6) is 5.75 Å². The van der Waals surface area contributed by atoms with Gasteiger partial charge in [0, 0.05) is 42.2 Å². The molecule has 1 unspecified atom stereocenters. The zero-order valence-corrected chi connectivity index (χ0v) is 32.5. The number of nitrogens with zero attached hydrogens (tertiary/aromatic N) is 3. The first-order valence-electron chi connectivity index (χ1n) is 19.4. The lowest BCUT2D eigenvalue weighted by Crippen LogP contribution is -2.60. The molecule has 14 heteroatoms. The van der Waals surface area contributed by atoms with Gasteiger partial charge in [0.15, 0.2) is 11.9 Å². The summed E-state index contributed by atoms with van der Waals surface area (Å²) >= 11 is 6.09. The minimum atomic E-state index is -1.47. The number of Topliss-reactive ketones (excluding diaryl/α,β-unsaturated/α-hetero) is 1. The number of ether oxygens (including phenoxy) is 1. The molecule has 0 spiro atoms. The fourth-order valence-electron chi connectivity index (χ4n) is 7.50. The molecule has 3 aliphatic rings. The van der Waals surface area contributed by atoms with E-state index in [1.54, 1.807) is 24.3 Å². The number of nitrogens with one attached hydrogen (secondary N) is 3. The summed E-state index contributed by atoms with van der Waals surface area (Å²) in [6.45, 7) is 7.46. The number of halogens is 1. The number of carbonyl (C=O) groups excluding carboxylic acids is 5. The van der Waals surface area contributed by atoms with Gasteiger partial charge in [-0.05, 0) is 67.7 Å². The van der Waals surface area contributed by atoms with Gasteiger partial charge >= 0.3 is 0 Å². The van der Waals surface area contributed by atoms with Gasteiger partial charge < -0.3 is 30.7 Å². The largest absolute Gasteiger partial charge is 0.488 e. The number of rotatable bonds is 16. The Bertz CT molecular complexity index is 1610. The van der Waals surface area contributed by atoms with E-state index >= 15 is 0 Å². The quantitative estimate of drug-likeness (QED) is 0.180. The van der Waals surface area contributed by atoms with Gasteiger partial charge in [0.05, 0.1) is 18.8 Å². The van der Waals surface area contributed by atoms with E-state index in [2.05, 4.69) is 25.9 Å². The van der Waals surface area contributed by atoms with E-state index in [-0.39, 0.29) is 42.8 Å². The van der Waals surface area contributed by atoms with E-state index < -0.39 is 65.3 Å². The van der Waals surface area contributed by atoms with Gasteiger partial charge in [-0.3, -0.25) is 29.0 Å². The Balaban J connectivity index is 1.39. The Hall–Kier alpha value is -4.10. The maximum absolute atomic E-state index is 14.8. The Morgan fingerprint density at radius 3 is 2.30 bits per heavy atom. The molecule has 4 N–H and O–H groups in total. The van der Waals surface area contributed by atoms with Crippen molar-refractivity contribution in [3.63, 3.8) is 0 Å². The van der Waals surface area contributed by atoms with E-state index in [4.69, 9.17) is 16.3 Å². The minimum absolute atomic E-state index is 0.0336. The highest BCUT2D eigenvalue weighted by Crippen LogP contribution is 2.34. The van der Waals surface area contributed by atoms with E-state index in [1.165, 1.54) is 23.5 Å². The molecule has 294 valence electrons. The second-order valence-corrected chi connectivity index (χ2v) is 16.5. The number of likely N-dealkylation sites (tertiary alicyclic amines) is 1. The Labute approximate surface area is 322 Å². The molecule has 0 radical (unpaired) electrons. The van der Waals surface area contributed by atoms with Crippen LogP contribution in [0, 0.1) is 17.3 Å². The molecule has 3 fully saturated rings. The van der Waals surface area contributed by atoms with Crippen LogP contribution in [-0.2, 0) is 19.2 Å². The normalized spacial score (nSPS) is 21.3. The molecular weight excluding hydrogens is 712 g/mol. The van der Waals surface area contributed by atoms with E-state index in [0.717, 1.165) is 44.9 Å². The Morgan fingerprint density at radius 1 is 0.981 bits per heavy atom. The third kappa shape index (κ3) is 11.0. The SMILES string of the molecule is CCC[C@H](NC(=O)[C@@H]1C[C@@H](Oc2ccc(Cl)cc2)CN1C(=O)[C@@H](NC(=O)[C@@H](CC(=O)c1cnccn1)C1CCCCC1)C(C)(C)C)C(O)C(=O)NC1CC1. The van der Waals surface area contributed by atoms with Gasteiger partial charge in [-0.2, -0.15) is 0 Å². The lowest BCUT2D eigenvalue weighted by molar-refractivity contribution is -0.145. The molecule has 1 aromatic carbocycles. The number of aliphatic hydroxyl groups excluding tert-OH is 1. The van der Waals surface area contributed by atoms with Crippen molar-refractivity contribution in [2.75, 3.05) is 6.54 Å². The van der Waals surface area contributed by atoms with Crippen molar-refractivity contribution in [3.8, 4) is 5.75 Å². The number of hydrogen-bond acceptors (Lipinski definition) is 9. The monoisotopic (exact) mass is 766 g/mol. The molecular formula is C40H55ClN6O7. The third-order valence-corrected chi connectivity index (χ3v) is 10.9. The molecule has 0 bridgehead atoms. The summed E-state index contributed by atoms with van der Waals surface area (Å²) in [4.78, 5) is 79.0. The topological polar surface area (TPSA) is 180 Å². The second kappa shape index (κ2) is 18.5. The maximum atomic E-state index is 14.8. The standard InChI is InChI=1S/C40H55ClN6O7/c1-5-9-30(34(49)38(52)44-26-14-15-26)45-37(51)32-20-28(54-27-16-12-25(41)13-17-27)23-47(32)39(53)35(40(2,3)4)46-36(50)29(24-10-7-6-8-11-24)21-33(48)31-22-42-18-19-43-31/h12-13,16-19,22,24,26,28-30,32,34-35,49H,5-11,14-15,20-21,23H2,1-4H3,(H,44,52)(H,45,51)(H,46,50)/t28-,29+,30+,32+,34?,35-/m1/s1. The van der Waals surface area contributed by atoms with Crippen LogP contribution in [0.2, 0.25) is 5.02 Å². The molecule has 2 aliphatic carbocycles. The van der Waals surface area contributed by atoms with Crippen LogP contribution in [0.15, 0.2) is 42.9 Å². The van der Waals surface area contributed by atoms with Crippen LogP contribution >= 0.6 is 11.6 Å². The number of aliphatic hydroxyl groups is 1. The number of aromatic nitrogens is 2. The summed E-state index contributed by atoms with van der Waals surface area (Å²) in [6.07, 6.45) is 9.50. The van der Waals surface area contributed by atoms with E-state index in [1.807, 2.05) is 27.7 Å². The van der Waals surface area contributed by atoms with E-state index in [0.29, 0.717) is 23.6 Å². The fourth-order valence-corrected chi connectivity index (χ4v) is 7.62. The van der Waals surface area contributed by atoms with Gasteiger partial charge in [-0.15, -0.1) is 0 Å². The van der Waals surface area contributed by atoms with Gasteiger partial charge in [0.25, 0.3) is 5.91 Å². The molecule has 1 aromatic heterocycles. The first-order valence-corrected chi connectivity index (χ1v) is 19.7. The van der Waals surface area contributed by atoms with Crippen LogP contribution in [0.4, 0.5) is 0 Å². The average Bonchev–Trinajstić information content (AvgIpc) is 3.88. The zero-order valence-electron chi connectivity index (χ0n) is 31.8. The summed E-state index contributed by atoms with van der Waals surface area (Å²) in [5.41, 5.74) is -0.611. The first-order chi connectivity index (χ1) is 25.7. The van der Waals surface area contributed by atoms with Crippen LogP contribution < -0.4 is 20.7 Å². The van der Waals surface area contributed by atoms with E-state index in [9.17, 15) is 29.1 Å². The van der Waals surface area contributed by atoms with Gasteiger partial charge in [0.2, 0.25) is 17.7 Å². The predicted molar refractivity (Wildman–Crippen MR) is 202 cm³/mol. The summed E-state index contributed by atoms with van der Waals surface area (Å²) in [6, 6.07) is 3.86. The number of ketones is 1. The molecule has 2 saturated carbocycles. The Morgan fingerprint density at radius 2 is 1.69 bits per heavy atom. The van der Waals surface area contributed by atoms with Crippen LogP contribution in [0.1, 0.15) is 109 Å². The first kappa shape index (κ1) is 41.1. The van der Waals surface area contributed by atoms with Crippen molar-refractivity contribution in [2.24, 2.45) is 17.3 Å². The highest BCUT2D eigenvalue weighted by atomic mass is 35.5. The minimum Gasteiger partial charge on any atom is -0.488 e. The summed E-state index contributed by atoms with van der Waals surface area (Å²) in [5.74, 6) is -2.45. The van der Waals surface area contributed by atoms with Gasteiger partial charge in [0.1, 0.15) is 29.6 Å². The molecule has 54 heavy (non-hydrogen) atoms. The zero-order chi connectivity index (χ0) is 39.0. The lowest BCUT2D eigenvalue weighted by Gasteiger charge is -2.37. The lowest BCUT2D eigenvalue weighted by atomic mass is 9.76. The summed E-state index contributed by atoms with van der Waals surface area (Å²) in [5, 5.41) is 20.2. The molecule has 5 rings (SSSR count). The van der Waals surface area contributed by atoms with Crippen LogP contribution in [0.25, 0.3) is 0 Å². The van der Waals surface area contributed by atoms with Crippen LogP contribution in [-0.4, -0.2) is 92.3 Å². The van der Waals surface area contributed by atoms with Crippen molar-refractivity contribution < 1.29 is 33.8 Å². The number of benzene rings is 1. The summed E-state index contributed by atoms with van der Waals surface area (Å²) < 4.78 is 6.25. The van der Waals surface area contributed by atoms with Crippen LogP contribution in [0.3, 0.4) is 0 Å². The highest BCUT2D eigenvalue weighted by molar-refractivity contribution is 6.30. The molecule has 4 amide bonds. The predicted octanol–water partition coefficient (Wildman–Crippen LogP) is 4.40. The van der Waals surface area contributed by atoms with Crippen molar-refractivity contribution in [1.82, 2.24) is 30.8 Å². The van der Waals surface area contributed by atoms with Crippen molar-refractivity contribution in [3.05, 3.63) is 53.6 Å². The average molecular weight is 767 g/mol. The van der Waals surface area contributed by atoms with Crippen molar-refractivity contribution >= 4 is 41.0 Å².